The average molecular weight is 347 g/mol. The van der Waals surface area contributed by atoms with Crippen LogP contribution in [0, 0.1) is 5.82 Å². The number of nitrogens with zero attached hydrogens (tertiary/aromatic N) is 2. The summed E-state index contributed by atoms with van der Waals surface area (Å²) in [5.74, 6) is -0.557. The van der Waals surface area contributed by atoms with Crippen molar-refractivity contribution in [3.63, 3.8) is 0 Å². The van der Waals surface area contributed by atoms with Crippen LogP contribution >= 0.6 is 11.3 Å². The predicted molar refractivity (Wildman–Crippen MR) is 92.3 cm³/mol. The summed E-state index contributed by atoms with van der Waals surface area (Å²) in [6.45, 7) is 4.07. The fourth-order valence-electron chi connectivity index (χ4n) is 2.32. The maximum Gasteiger partial charge on any atom is 0.250 e. The van der Waals surface area contributed by atoms with Gasteiger partial charge in [-0.2, -0.15) is 0 Å². The van der Waals surface area contributed by atoms with Crippen LogP contribution in [0.2, 0.25) is 0 Å². The second-order valence-electron chi connectivity index (χ2n) is 5.41. The maximum absolute atomic E-state index is 12.8. The molecule has 0 radical (unpaired) electrons. The van der Waals surface area contributed by atoms with E-state index in [1.165, 1.54) is 29.5 Å². The number of anilines is 1. The van der Waals surface area contributed by atoms with Crippen LogP contribution in [0.5, 0.6) is 0 Å². The van der Waals surface area contributed by atoms with Crippen molar-refractivity contribution in [1.82, 2.24) is 9.88 Å². The number of rotatable bonds is 5. The molecule has 1 N–H and O–H groups in total. The van der Waals surface area contributed by atoms with E-state index in [2.05, 4.69) is 15.2 Å². The number of halogens is 1. The summed E-state index contributed by atoms with van der Waals surface area (Å²) in [5, 5.41) is 5.27. The number of hydrogen-bond donors (Lipinski definition) is 1. The van der Waals surface area contributed by atoms with Crippen molar-refractivity contribution in [2.45, 2.75) is 6.54 Å². The highest BCUT2D eigenvalue weighted by Gasteiger charge is 2.13. The number of nitrogens with one attached hydrogen (secondary N) is 1. The molecule has 1 fully saturated rings. The normalized spacial score (nSPS) is 15.7. The van der Waals surface area contributed by atoms with Gasteiger partial charge in [-0.3, -0.25) is 15.0 Å². The number of amides is 1. The standard InChI is InChI=1S/C17H18FN3O2S/c18-14-4-1-13(2-5-14)3-6-16(22)20-17-19-15(12-24-17)11-21-7-9-23-10-8-21/h1-6,12H,7-11H2,(H,19,20,22). The lowest BCUT2D eigenvalue weighted by Gasteiger charge is -2.25. The highest BCUT2D eigenvalue weighted by atomic mass is 32.1. The SMILES string of the molecule is O=C(C=Cc1ccc(F)cc1)Nc1nc(CN2CCOCC2)cs1. The lowest BCUT2D eigenvalue weighted by molar-refractivity contribution is -0.111. The lowest BCUT2D eigenvalue weighted by atomic mass is 10.2. The van der Waals surface area contributed by atoms with Crippen LogP contribution in [0.3, 0.4) is 0 Å². The highest BCUT2D eigenvalue weighted by molar-refractivity contribution is 7.13. The molecule has 24 heavy (non-hydrogen) atoms. The van der Waals surface area contributed by atoms with Gasteiger partial charge in [0.2, 0.25) is 5.91 Å². The number of carbonyl (C=O) groups is 1. The van der Waals surface area contributed by atoms with E-state index in [0.29, 0.717) is 5.13 Å². The lowest BCUT2D eigenvalue weighted by Crippen LogP contribution is -2.35. The Kier molecular flexibility index (Phi) is 5.68. The molecular weight excluding hydrogens is 329 g/mol. The van der Waals surface area contributed by atoms with Crippen LogP contribution in [0.1, 0.15) is 11.3 Å². The molecule has 7 heteroatoms. The van der Waals surface area contributed by atoms with E-state index in [0.717, 1.165) is 44.1 Å². The van der Waals surface area contributed by atoms with Gasteiger partial charge in [0.15, 0.2) is 5.13 Å². The second-order valence-corrected chi connectivity index (χ2v) is 6.26. The monoisotopic (exact) mass is 347 g/mol. The van der Waals surface area contributed by atoms with E-state index in [-0.39, 0.29) is 11.7 Å². The molecule has 0 bridgehead atoms. The molecule has 5 nitrogen and oxygen atoms in total. The van der Waals surface area contributed by atoms with Crippen molar-refractivity contribution < 1.29 is 13.9 Å². The van der Waals surface area contributed by atoms with Crippen LogP contribution < -0.4 is 5.32 Å². The topological polar surface area (TPSA) is 54.5 Å². The number of thiazole rings is 1. The van der Waals surface area contributed by atoms with Crippen LogP contribution in [0.4, 0.5) is 9.52 Å². The first-order valence-electron chi connectivity index (χ1n) is 7.68. The van der Waals surface area contributed by atoms with E-state index < -0.39 is 0 Å². The quantitative estimate of drug-likeness (QED) is 0.845. The van der Waals surface area contributed by atoms with E-state index in [1.54, 1.807) is 18.2 Å². The van der Waals surface area contributed by atoms with Gasteiger partial charge >= 0.3 is 0 Å². The van der Waals surface area contributed by atoms with Crippen molar-refractivity contribution in [1.29, 1.82) is 0 Å². The molecule has 0 atom stereocenters. The molecule has 2 heterocycles. The van der Waals surface area contributed by atoms with Crippen LogP contribution in [-0.2, 0) is 16.1 Å². The zero-order valence-electron chi connectivity index (χ0n) is 13.1. The molecule has 1 aliphatic rings. The van der Waals surface area contributed by atoms with Gasteiger partial charge in [0.25, 0.3) is 0 Å². The summed E-state index contributed by atoms with van der Waals surface area (Å²) in [5.41, 5.74) is 1.71. The van der Waals surface area contributed by atoms with Crippen LogP contribution in [0.15, 0.2) is 35.7 Å². The van der Waals surface area contributed by atoms with E-state index >= 15 is 0 Å². The Hall–Kier alpha value is -2.09. The van der Waals surface area contributed by atoms with Crippen molar-refractivity contribution in [2.24, 2.45) is 0 Å². The Morgan fingerprint density at radius 1 is 1.33 bits per heavy atom. The number of ether oxygens (including phenoxy) is 1. The van der Waals surface area contributed by atoms with E-state index in [9.17, 15) is 9.18 Å². The summed E-state index contributed by atoms with van der Waals surface area (Å²) in [6, 6.07) is 5.94. The van der Waals surface area contributed by atoms with Gasteiger partial charge in [0.05, 0.1) is 18.9 Å². The molecule has 126 valence electrons. The molecule has 0 unspecified atom stereocenters. The van der Waals surface area contributed by atoms with E-state index in [4.69, 9.17) is 4.74 Å². The minimum atomic E-state index is -0.299. The number of benzene rings is 1. The average Bonchev–Trinajstić information content (AvgIpc) is 3.02. The Labute approximate surface area is 143 Å². The highest BCUT2D eigenvalue weighted by Crippen LogP contribution is 2.17. The van der Waals surface area contributed by atoms with Gasteiger partial charge in [-0.25, -0.2) is 9.37 Å². The molecule has 2 aromatic rings. The van der Waals surface area contributed by atoms with Gasteiger partial charge in [-0.05, 0) is 23.8 Å². The zero-order chi connectivity index (χ0) is 16.8. The van der Waals surface area contributed by atoms with Crippen LogP contribution in [-0.4, -0.2) is 42.1 Å². The molecule has 1 saturated heterocycles. The van der Waals surface area contributed by atoms with Crippen LogP contribution in [0.25, 0.3) is 6.08 Å². The Balaban J connectivity index is 1.52. The molecule has 3 rings (SSSR count). The number of aromatic nitrogens is 1. The van der Waals surface area contributed by atoms with Gasteiger partial charge in [0, 0.05) is 31.1 Å². The van der Waals surface area contributed by atoms with Crippen molar-refractivity contribution in [3.05, 3.63) is 52.8 Å². The first kappa shape index (κ1) is 16.8. The summed E-state index contributed by atoms with van der Waals surface area (Å²) >= 11 is 1.41. The third-order valence-electron chi connectivity index (χ3n) is 3.57. The zero-order valence-corrected chi connectivity index (χ0v) is 13.9. The van der Waals surface area contributed by atoms with Crippen molar-refractivity contribution >= 4 is 28.5 Å². The van der Waals surface area contributed by atoms with Gasteiger partial charge in [-0.1, -0.05) is 12.1 Å². The van der Waals surface area contributed by atoms with Gasteiger partial charge < -0.3 is 4.74 Å². The molecule has 1 aliphatic heterocycles. The Bertz CT molecular complexity index is 709. The number of hydrogen-bond acceptors (Lipinski definition) is 5. The second kappa shape index (κ2) is 8.14. The number of morpholine rings is 1. The van der Waals surface area contributed by atoms with Gasteiger partial charge in [-0.15, -0.1) is 11.3 Å². The Morgan fingerprint density at radius 3 is 2.83 bits per heavy atom. The first-order chi connectivity index (χ1) is 11.7. The van der Waals surface area contributed by atoms with Crippen molar-refractivity contribution in [2.75, 3.05) is 31.6 Å². The molecule has 0 saturated carbocycles. The molecule has 1 aromatic heterocycles. The smallest absolute Gasteiger partial charge is 0.250 e. The molecule has 1 aromatic carbocycles. The molecule has 1 amide bonds. The minimum Gasteiger partial charge on any atom is -0.379 e. The molecule has 0 aliphatic carbocycles. The van der Waals surface area contributed by atoms with E-state index in [1.807, 2.05) is 5.38 Å². The summed E-state index contributed by atoms with van der Waals surface area (Å²) < 4.78 is 18.1. The summed E-state index contributed by atoms with van der Waals surface area (Å²) in [4.78, 5) is 18.6. The van der Waals surface area contributed by atoms with Gasteiger partial charge in [0.1, 0.15) is 5.82 Å². The molecular formula is C17H18FN3O2S. The van der Waals surface area contributed by atoms with Crippen molar-refractivity contribution in [3.8, 4) is 0 Å². The predicted octanol–water partition coefficient (Wildman–Crippen LogP) is 2.77. The largest absolute Gasteiger partial charge is 0.379 e. The fraction of sp³-hybridized carbons (Fsp3) is 0.294. The number of carbonyl (C=O) groups excluding carboxylic acids is 1. The fourth-order valence-corrected chi connectivity index (χ4v) is 3.02. The summed E-state index contributed by atoms with van der Waals surface area (Å²) in [6.07, 6.45) is 3.05. The minimum absolute atomic E-state index is 0.258. The maximum atomic E-state index is 12.8. The Morgan fingerprint density at radius 2 is 2.08 bits per heavy atom. The third kappa shape index (κ3) is 4.95. The summed E-state index contributed by atoms with van der Waals surface area (Å²) in [7, 11) is 0. The molecule has 0 spiro atoms. The third-order valence-corrected chi connectivity index (χ3v) is 4.37. The first-order valence-corrected chi connectivity index (χ1v) is 8.56.